The van der Waals surface area contributed by atoms with Gasteiger partial charge in [-0.2, -0.15) is 0 Å². The number of hydrogen-bond donors (Lipinski definition) is 1. The number of amides is 1. The van der Waals surface area contributed by atoms with Crippen LogP contribution in [-0.4, -0.2) is 34.7 Å². The van der Waals surface area contributed by atoms with E-state index >= 15 is 0 Å². The highest BCUT2D eigenvalue weighted by molar-refractivity contribution is 5.80. The van der Waals surface area contributed by atoms with Crippen molar-refractivity contribution >= 4 is 12.1 Å². The van der Waals surface area contributed by atoms with Gasteiger partial charge in [0.25, 0.3) is 0 Å². The average molecular weight is 303 g/mol. The minimum absolute atomic E-state index is 0.202. The summed E-state index contributed by atoms with van der Waals surface area (Å²) in [6.07, 6.45) is 2.12. The minimum Gasteiger partial charge on any atom is -0.481 e. The molecule has 2 fully saturated rings. The number of nitrogens with zero attached hydrogens (tertiary/aromatic N) is 1. The van der Waals surface area contributed by atoms with Crippen LogP contribution >= 0.6 is 0 Å². The van der Waals surface area contributed by atoms with E-state index in [0.29, 0.717) is 6.54 Å². The van der Waals surface area contributed by atoms with Gasteiger partial charge in [0.05, 0.1) is 12.0 Å². The molecule has 1 aromatic carbocycles. The topological polar surface area (TPSA) is 66.8 Å². The molecule has 118 valence electrons. The molecule has 0 spiro atoms. The molecule has 1 amide bonds. The summed E-state index contributed by atoms with van der Waals surface area (Å²) < 4.78 is 5.38. The molecule has 1 saturated heterocycles. The summed E-state index contributed by atoms with van der Waals surface area (Å²) in [4.78, 5) is 25.4. The molecule has 5 heteroatoms. The maximum atomic E-state index is 12.3. The Morgan fingerprint density at radius 2 is 2.09 bits per heavy atom. The van der Waals surface area contributed by atoms with Gasteiger partial charge < -0.3 is 14.7 Å². The lowest BCUT2D eigenvalue weighted by molar-refractivity contribution is -0.139. The number of fused-ring (bicyclic) bond motifs is 1. The Balaban J connectivity index is 1.66. The van der Waals surface area contributed by atoms with Crippen molar-refractivity contribution in [1.82, 2.24) is 4.90 Å². The molecule has 3 rings (SSSR count). The van der Waals surface area contributed by atoms with E-state index in [-0.39, 0.29) is 18.1 Å². The average Bonchev–Trinajstić information content (AvgIpc) is 3.23. The fourth-order valence-electron chi connectivity index (χ4n) is 3.97. The van der Waals surface area contributed by atoms with Gasteiger partial charge in [-0.1, -0.05) is 37.3 Å². The molecule has 1 N–H and O–H groups in total. The second-order valence-electron chi connectivity index (χ2n) is 6.18. The van der Waals surface area contributed by atoms with Crippen molar-refractivity contribution in [1.29, 1.82) is 0 Å². The first kappa shape index (κ1) is 14.9. The molecule has 5 nitrogen and oxygen atoms in total. The maximum Gasteiger partial charge on any atom is 0.410 e. The third-order valence-electron chi connectivity index (χ3n) is 5.16. The van der Waals surface area contributed by atoms with Gasteiger partial charge in [-0.15, -0.1) is 0 Å². The van der Waals surface area contributed by atoms with Crippen LogP contribution in [0.15, 0.2) is 30.3 Å². The van der Waals surface area contributed by atoms with Gasteiger partial charge in [0.1, 0.15) is 6.61 Å². The number of carbonyl (C=O) groups excluding carboxylic acids is 1. The minimum atomic E-state index is -0.797. The fraction of sp³-hybridized carbons (Fsp3) is 0.529. The molecule has 3 atom stereocenters. The van der Waals surface area contributed by atoms with Gasteiger partial charge in [-0.25, -0.2) is 4.79 Å². The number of piperidine rings is 1. The van der Waals surface area contributed by atoms with Gasteiger partial charge in [0.15, 0.2) is 0 Å². The molecule has 2 aliphatic rings. The number of carboxylic acids is 1. The molecule has 0 radical (unpaired) electrons. The van der Waals surface area contributed by atoms with Gasteiger partial charge in [0.2, 0.25) is 0 Å². The van der Waals surface area contributed by atoms with Gasteiger partial charge >= 0.3 is 12.1 Å². The number of hydrogen-bond acceptors (Lipinski definition) is 3. The normalized spacial score (nSPS) is 29.6. The van der Waals surface area contributed by atoms with Crippen LogP contribution in [0.25, 0.3) is 0 Å². The van der Waals surface area contributed by atoms with Crippen molar-refractivity contribution in [2.24, 2.45) is 11.3 Å². The molecule has 1 aliphatic heterocycles. The summed E-state index contributed by atoms with van der Waals surface area (Å²) in [5.74, 6) is -1.24. The zero-order valence-corrected chi connectivity index (χ0v) is 12.7. The lowest BCUT2D eigenvalue weighted by atomic mass is 9.91. The Kier molecular flexibility index (Phi) is 3.81. The molecule has 22 heavy (non-hydrogen) atoms. The number of rotatable bonds is 4. The molecular formula is C17H21NO4. The molecule has 1 heterocycles. The Hall–Kier alpha value is -2.04. The van der Waals surface area contributed by atoms with Crippen molar-refractivity contribution in [3.8, 4) is 0 Å². The predicted octanol–water partition coefficient (Wildman–Crippen LogP) is 2.90. The molecular weight excluding hydrogens is 282 g/mol. The fourth-order valence-corrected chi connectivity index (χ4v) is 3.97. The van der Waals surface area contributed by atoms with Crippen molar-refractivity contribution in [2.75, 3.05) is 6.54 Å². The van der Waals surface area contributed by atoms with Crippen LogP contribution in [-0.2, 0) is 16.1 Å². The van der Waals surface area contributed by atoms with Crippen LogP contribution in [0.3, 0.4) is 0 Å². The van der Waals surface area contributed by atoms with Crippen molar-refractivity contribution in [2.45, 2.75) is 38.8 Å². The molecule has 1 aliphatic carbocycles. The summed E-state index contributed by atoms with van der Waals surface area (Å²) in [5.41, 5.74) is 0.691. The van der Waals surface area contributed by atoms with Crippen LogP contribution in [0.1, 0.15) is 31.7 Å². The second-order valence-corrected chi connectivity index (χ2v) is 6.18. The summed E-state index contributed by atoms with van der Waals surface area (Å²) in [6, 6.07) is 9.30. The Bertz CT molecular complexity index is 573. The number of aliphatic carboxylic acids is 1. The largest absolute Gasteiger partial charge is 0.481 e. The van der Waals surface area contributed by atoms with Crippen LogP contribution in [0.4, 0.5) is 4.79 Å². The maximum absolute atomic E-state index is 12.3. The second kappa shape index (κ2) is 5.63. The molecule has 0 bridgehead atoms. The van der Waals surface area contributed by atoms with E-state index in [4.69, 9.17) is 4.74 Å². The first-order valence-electron chi connectivity index (χ1n) is 7.80. The van der Waals surface area contributed by atoms with Crippen LogP contribution in [0, 0.1) is 11.3 Å². The summed E-state index contributed by atoms with van der Waals surface area (Å²) in [6.45, 7) is 2.82. The van der Waals surface area contributed by atoms with Crippen molar-refractivity contribution in [3.05, 3.63) is 35.9 Å². The van der Waals surface area contributed by atoms with E-state index in [1.807, 2.05) is 37.3 Å². The van der Waals surface area contributed by atoms with E-state index in [2.05, 4.69) is 0 Å². The number of carbonyl (C=O) groups is 2. The third-order valence-corrected chi connectivity index (χ3v) is 5.16. The zero-order chi connectivity index (χ0) is 15.7. The van der Waals surface area contributed by atoms with E-state index in [1.54, 1.807) is 4.90 Å². The Morgan fingerprint density at radius 1 is 1.36 bits per heavy atom. The summed E-state index contributed by atoms with van der Waals surface area (Å²) >= 11 is 0. The van der Waals surface area contributed by atoms with Crippen LogP contribution < -0.4 is 0 Å². The first-order valence-corrected chi connectivity index (χ1v) is 7.80. The molecule has 0 unspecified atom stereocenters. The predicted molar refractivity (Wildman–Crippen MR) is 80.2 cm³/mol. The number of carboxylic acid groups (broad SMARTS) is 1. The summed E-state index contributed by atoms with van der Waals surface area (Å²) in [7, 11) is 0. The van der Waals surface area contributed by atoms with E-state index < -0.39 is 18.0 Å². The quantitative estimate of drug-likeness (QED) is 0.928. The smallest absolute Gasteiger partial charge is 0.410 e. The van der Waals surface area contributed by atoms with Crippen molar-refractivity contribution in [3.63, 3.8) is 0 Å². The molecule has 1 aromatic rings. The Labute approximate surface area is 129 Å². The zero-order valence-electron chi connectivity index (χ0n) is 12.7. The number of benzene rings is 1. The highest BCUT2D eigenvalue weighted by atomic mass is 16.6. The van der Waals surface area contributed by atoms with Crippen molar-refractivity contribution < 1.29 is 19.4 Å². The van der Waals surface area contributed by atoms with Gasteiger partial charge in [0, 0.05) is 12.0 Å². The monoisotopic (exact) mass is 303 g/mol. The van der Waals surface area contributed by atoms with E-state index in [1.165, 1.54) is 0 Å². The Morgan fingerprint density at radius 3 is 2.73 bits per heavy atom. The van der Waals surface area contributed by atoms with E-state index in [9.17, 15) is 14.7 Å². The number of likely N-dealkylation sites (tertiary alicyclic amines) is 1. The number of ether oxygens (including phenoxy) is 1. The standard InChI is InChI=1S/C17H21NO4/c1-2-17-9-6-10-18(14(17)13(17)15(19)20)16(21)22-11-12-7-4-3-5-8-12/h3-5,7-8,13-14H,2,6,9-11H2,1H3,(H,19,20)/t13-,14+,17-/m1/s1. The molecule has 1 saturated carbocycles. The highest BCUT2D eigenvalue weighted by Crippen LogP contribution is 2.63. The lowest BCUT2D eigenvalue weighted by Gasteiger charge is -2.30. The SMILES string of the molecule is CC[C@]12CCCN(C(=O)OCc3ccccc3)[C@H]1[C@@H]2C(=O)O. The van der Waals surface area contributed by atoms with Crippen LogP contribution in [0.5, 0.6) is 0 Å². The first-order chi connectivity index (χ1) is 10.6. The van der Waals surface area contributed by atoms with Gasteiger partial charge in [-0.3, -0.25) is 4.79 Å². The van der Waals surface area contributed by atoms with Gasteiger partial charge in [-0.05, 0) is 24.8 Å². The van der Waals surface area contributed by atoms with E-state index in [0.717, 1.165) is 24.8 Å². The molecule has 0 aromatic heterocycles. The third kappa shape index (κ3) is 2.34. The highest BCUT2D eigenvalue weighted by Gasteiger charge is 2.71. The summed E-state index contributed by atoms with van der Waals surface area (Å²) in [5, 5.41) is 9.41. The van der Waals surface area contributed by atoms with Crippen LogP contribution in [0.2, 0.25) is 0 Å². The lowest BCUT2D eigenvalue weighted by Crippen LogP contribution is -2.40.